The maximum Gasteiger partial charge on any atom is 0.437 e. The monoisotopic (exact) mass is 858 g/mol. The summed E-state index contributed by atoms with van der Waals surface area (Å²) in [6.07, 6.45) is 3.74. The number of aromatic nitrogens is 1. The average molecular weight is 859 g/mol. The molecule has 8 rings (SSSR count). The molecule has 2 saturated heterocycles. The molecule has 6 aliphatic rings. The van der Waals surface area contributed by atoms with Gasteiger partial charge in [0.1, 0.15) is 29.8 Å². The maximum atomic E-state index is 14.8. The van der Waals surface area contributed by atoms with Crippen LogP contribution in [0.5, 0.6) is 5.75 Å². The number of amides is 4. The van der Waals surface area contributed by atoms with Gasteiger partial charge in [0.25, 0.3) is 5.91 Å². The zero-order chi connectivity index (χ0) is 42.7. The number of likely N-dealkylation sites (tertiary alicyclic amines) is 1. The van der Waals surface area contributed by atoms with Crippen molar-refractivity contribution in [1.82, 2.24) is 30.1 Å². The van der Waals surface area contributed by atoms with Crippen molar-refractivity contribution in [2.45, 2.75) is 131 Å². The van der Waals surface area contributed by atoms with E-state index in [9.17, 15) is 40.8 Å². The van der Waals surface area contributed by atoms with Crippen LogP contribution in [0.3, 0.4) is 0 Å². The van der Waals surface area contributed by atoms with Gasteiger partial charge >= 0.3 is 12.3 Å². The Kier molecular flexibility index (Phi) is 11.1. The first-order chi connectivity index (χ1) is 28.4. The lowest BCUT2D eigenvalue weighted by Crippen LogP contribution is -2.58. The molecule has 4 amide bonds. The van der Waals surface area contributed by atoms with Crippen LogP contribution in [0, 0.1) is 12.8 Å². The zero-order valence-electron chi connectivity index (χ0n) is 34.0. The molecule has 14 nitrogen and oxygen atoms in total. The van der Waals surface area contributed by atoms with Gasteiger partial charge in [0.15, 0.2) is 11.4 Å². The number of rotatable bonds is 7. The molecule has 0 bridgehead atoms. The fourth-order valence-electron chi connectivity index (χ4n) is 9.29. The summed E-state index contributed by atoms with van der Waals surface area (Å²) in [6.45, 7) is 5.52. The van der Waals surface area contributed by atoms with E-state index in [1.54, 1.807) is 25.1 Å². The van der Waals surface area contributed by atoms with Crippen molar-refractivity contribution in [1.29, 1.82) is 0 Å². The van der Waals surface area contributed by atoms with Gasteiger partial charge < -0.3 is 25.0 Å². The van der Waals surface area contributed by atoms with Gasteiger partial charge in [-0.3, -0.25) is 24.0 Å². The highest BCUT2D eigenvalue weighted by molar-refractivity contribution is 7.91. The van der Waals surface area contributed by atoms with E-state index >= 15 is 0 Å². The van der Waals surface area contributed by atoms with Crippen molar-refractivity contribution in [2.75, 3.05) is 32.8 Å². The number of halogens is 3. The molecule has 0 radical (unpaired) electrons. The van der Waals surface area contributed by atoms with Crippen molar-refractivity contribution < 1.29 is 50.2 Å². The third kappa shape index (κ3) is 8.29. The third-order valence-electron chi connectivity index (χ3n) is 13.4. The molecule has 2 saturated carbocycles. The highest BCUT2D eigenvalue weighted by atomic mass is 32.2. The predicted molar refractivity (Wildman–Crippen MR) is 213 cm³/mol. The largest absolute Gasteiger partial charge is 0.483 e. The Labute approximate surface area is 347 Å². The average Bonchev–Trinajstić information content (AvgIpc) is 3.98. The maximum absolute atomic E-state index is 14.8. The minimum atomic E-state index is -4.90. The van der Waals surface area contributed by atoms with E-state index in [1.165, 1.54) is 11.0 Å². The molecule has 1 aromatic carbocycles. The van der Waals surface area contributed by atoms with E-state index in [1.807, 2.05) is 13.0 Å². The SMILES string of the molecule is Cc1ccc2nc(C(F)(F)F)c3c(c2c1)CCC1(CC2C(=O)NC4(C(=O)NS(=O)(=O)C5(C)CC5)CC4C=CCCCCCC(NC(=O)OCCN4CCCC4)C(=O)N2C1)O3. The number of hydrogen-bond acceptors (Lipinski definition) is 10. The lowest BCUT2D eigenvalue weighted by molar-refractivity contribution is -0.144. The van der Waals surface area contributed by atoms with E-state index < -0.39 is 85.3 Å². The van der Waals surface area contributed by atoms with Crippen LogP contribution in [0.25, 0.3) is 10.9 Å². The Bertz CT molecular complexity index is 2210. The third-order valence-corrected chi connectivity index (χ3v) is 15.5. The van der Waals surface area contributed by atoms with Gasteiger partial charge in [-0.25, -0.2) is 18.2 Å². The summed E-state index contributed by atoms with van der Waals surface area (Å²) in [5, 5.41) is 6.04. The molecule has 1 aromatic heterocycles. The summed E-state index contributed by atoms with van der Waals surface area (Å²) in [5.41, 5.74) is -3.05. The van der Waals surface area contributed by atoms with Gasteiger partial charge in [0.05, 0.1) is 16.8 Å². The van der Waals surface area contributed by atoms with Crippen molar-refractivity contribution in [3.8, 4) is 5.75 Å². The van der Waals surface area contributed by atoms with Crippen LogP contribution in [-0.4, -0.2) is 108 Å². The van der Waals surface area contributed by atoms with Crippen LogP contribution in [0.4, 0.5) is 18.0 Å². The Balaban J connectivity index is 1.12. The van der Waals surface area contributed by atoms with E-state index in [4.69, 9.17) is 9.47 Å². The summed E-state index contributed by atoms with van der Waals surface area (Å²) in [5.74, 6) is -3.34. The lowest BCUT2D eigenvalue weighted by atomic mass is 9.86. The molecule has 5 unspecified atom stereocenters. The summed E-state index contributed by atoms with van der Waals surface area (Å²) >= 11 is 0. The van der Waals surface area contributed by atoms with Crippen LogP contribution >= 0.6 is 0 Å². The number of alkyl carbamates (subject to hydrolysis) is 1. The number of ether oxygens (including phenoxy) is 2. The van der Waals surface area contributed by atoms with Gasteiger partial charge in [0, 0.05) is 29.8 Å². The van der Waals surface area contributed by atoms with Gasteiger partial charge in [-0.15, -0.1) is 0 Å². The predicted octanol–water partition coefficient (Wildman–Crippen LogP) is 4.81. The number of sulfonamides is 1. The van der Waals surface area contributed by atoms with E-state index in [2.05, 4.69) is 25.2 Å². The molecular formula is C42H53F3N6O8S. The summed E-state index contributed by atoms with van der Waals surface area (Å²) < 4.78 is 83.7. The number of nitrogens with one attached hydrogen (secondary N) is 3. The van der Waals surface area contributed by atoms with Crippen LogP contribution < -0.4 is 20.1 Å². The molecule has 4 aliphatic heterocycles. The van der Waals surface area contributed by atoms with Gasteiger partial charge in [0.2, 0.25) is 21.8 Å². The minimum absolute atomic E-state index is 0.101. The molecule has 2 aliphatic carbocycles. The Morgan fingerprint density at radius 2 is 1.83 bits per heavy atom. The number of carbonyl (C=O) groups is 4. The van der Waals surface area contributed by atoms with Gasteiger partial charge in [-0.05, 0) is 103 Å². The minimum Gasteiger partial charge on any atom is -0.483 e. The summed E-state index contributed by atoms with van der Waals surface area (Å²) in [6, 6.07) is 2.46. The quantitative estimate of drug-likeness (QED) is 0.328. The van der Waals surface area contributed by atoms with Gasteiger partial charge in [-0.2, -0.15) is 13.2 Å². The molecule has 5 atom stereocenters. The Morgan fingerprint density at radius 1 is 1.07 bits per heavy atom. The number of fused-ring (bicyclic) bond motifs is 5. The normalized spacial score (nSPS) is 29.4. The highest BCUT2D eigenvalue weighted by Gasteiger charge is 2.64. The van der Waals surface area contributed by atoms with E-state index in [-0.39, 0.29) is 50.8 Å². The molecule has 3 N–H and O–H groups in total. The van der Waals surface area contributed by atoms with Crippen molar-refractivity contribution >= 4 is 44.7 Å². The van der Waals surface area contributed by atoms with Crippen LogP contribution in [0.2, 0.25) is 0 Å². The lowest BCUT2D eigenvalue weighted by Gasteiger charge is -2.37. The number of benzene rings is 1. The summed E-state index contributed by atoms with van der Waals surface area (Å²) in [7, 11) is -4.08. The van der Waals surface area contributed by atoms with Crippen molar-refractivity contribution in [2.24, 2.45) is 5.92 Å². The fourth-order valence-corrected chi connectivity index (χ4v) is 10.6. The first kappa shape index (κ1) is 42.2. The van der Waals surface area contributed by atoms with E-state index in [0.29, 0.717) is 49.6 Å². The Hall–Kier alpha value is -4.45. The second-order valence-electron chi connectivity index (χ2n) is 17.9. The number of allylic oxidation sites excluding steroid dienone is 1. The fraction of sp³-hybridized carbons (Fsp3) is 0.643. The van der Waals surface area contributed by atoms with Gasteiger partial charge in [-0.1, -0.05) is 36.6 Å². The van der Waals surface area contributed by atoms with E-state index in [0.717, 1.165) is 37.9 Å². The number of nitrogens with zero attached hydrogens (tertiary/aromatic N) is 3. The topological polar surface area (TPSA) is 176 Å². The summed E-state index contributed by atoms with van der Waals surface area (Å²) in [4.78, 5) is 64.1. The van der Waals surface area contributed by atoms with Crippen molar-refractivity contribution in [3.63, 3.8) is 0 Å². The molecule has 60 heavy (non-hydrogen) atoms. The van der Waals surface area contributed by atoms with Crippen LogP contribution in [0.1, 0.15) is 101 Å². The zero-order valence-corrected chi connectivity index (χ0v) is 34.8. The smallest absolute Gasteiger partial charge is 0.437 e. The first-order valence-electron chi connectivity index (χ1n) is 21.1. The number of hydrogen-bond donors (Lipinski definition) is 3. The number of alkyl halides is 3. The highest BCUT2D eigenvalue weighted by Crippen LogP contribution is 2.50. The van der Waals surface area contributed by atoms with Crippen molar-refractivity contribution in [3.05, 3.63) is 47.2 Å². The standard InChI is InChI=1S/C42H53F3N6O8S/c1-26-12-13-30-29(22-26)28-14-15-40(59-33(28)34(46-30)42(43,44)45)24-32-35(52)48-41(37(54)49-60(56,57)39(2)16-17-39)23-27(41)10-6-4-3-5-7-11-31(36(53)51(32)25-40)47-38(55)58-21-20-50-18-8-9-19-50/h6,10,12-13,22,27,31-32H,3-5,7-9,11,14-21,23-25H2,1-2H3,(H,47,55)(H,48,52)(H,49,54). The molecule has 5 heterocycles. The molecular weight excluding hydrogens is 806 g/mol. The number of pyridine rings is 1. The van der Waals surface area contributed by atoms with Crippen LogP contribution in [0.15, 0.2) is 30.4 Å². The molecule has 326 valence electrons. The molecule has 4 fully saturated rings. The molecule has 18 heteroatoms. The van der Waals surface area contributed by atoms with Crippen LogP contribution in [-0.2, 0) is 41.7 Å². The second-order valence-corrected chi connectivity index (χ2v) is 20.1. The first-order valence-corrected chi connectivity index (χ1v) is 22.6. The Morgan fingerprint density at radius 3 is 2.57 bits per heavy atom. The number of carbonyl (C=O) groups excluding carboxylic acids is 4. The molecule has 2 aromatic rings. The second kappa shape index (κ2) is 15.8. The molecule has 1 spiro atoms. The number of aryl methyl sites for hydroxylation is 2.